The summed E-state index contributed by atoms with van der Waals surface area (Å²) in [6.45, 7) is 0.276. The van der Waals surface area contributed by atoms with E-state index in [0.717, 1.165) is 0 Å². The molecule has 5 nitrogen and oxygen atoms in total. The third-order valence-electron chi connectivity index (χ3n) is 3.86. The molecule has 0 atom stereocenters. The molecule has 0 saturated carbocycles. The van der Waals surface area contributed by atoms with Crippen LogP contribution >= 0.6 is 0 Å². The van der Waals surface area contributed by atoms with Crippen molar-refractivity contribution in [3.8, 4) is 5.69 Å². The highest BCUT2D eigenvalue weighted by Crippen LogP contribution is 2.21. The van der Waals surface area contributed by atoms with Crippen molar-refractivity contribution < 1.29 is 4.39 Å². The van der Waals surface area contributed by atoms with E-state index >= 15 is 0 Å². The summed E-state index contributed by atoms with van der Waals surface area (Å²) < 4.78 is 17.4. The Hall–Kier alpha value is -3.28. The van der Waals surface area contributed by atoms with Gasteiger partial charge in [0.1, 0.15) is 18.5 Å². The predicted octanol–water partition coefficient (Wildman–Crippen LogP) is 2.77. The van der Waals surface area contributed by atoms with E-state index in [0.29, 0.717) is 16.6 Å². The van der Waals surface area contributed by atoms with Crippen molar-refractivity contribution >= 4 is 10.9 Å². The second kappa shape index (κ2) is 5.73. The fourth-order valence-corrected chi connectivity index (χ4v) is 2.80. The zero-order valence-corrected chi connectivity index (χ0v) is 12.6. The van der Waals surface area contributed by atoms with Crippen LogP contribution in [-0.4, -0.2) is 19.3 Å². The number of aromatic nitrogens is 4. The Morgan fingerprint density at radius 1 is 1.04 bits per heavy atom. The van der Waals surface area contributed by atoms with Crippen LogP contribution in [0.15, 0.2) is 72.0 Å². The number of nitrogens with zero attached hydrogens (tertiary/aromatic N) is 4. The van der Waals surface area contributed by atoms with Crippen molar-refractivity contribution in [1.29, 1.82) is 0 Å². The van der Waals surface area contributed by atoms with Gasteiger partial charge in [-0.2, -0.15) is 5.10 Å². The summed E-state index contributed by atoms with van der Waals surface area (Å²) in [6, 6.07) is 15.6. The molecule has 0 N–H and O–H groups in total. The molecule has 0 fully saturated rings. The molecule has 0 amide bonds. The van der Waals surface area contributed by atoms with Crippen LogP contribution in [0.2, 0.25) is 0 Å². The molecule has 118 valence electrons. The Balaban J connectivity index is 2.03. The minimum atomic E-state index is -0.430. The molecule has 6 heteroatoms. The third-order valence-corrected chi connectivity index (χ3v) is 3.86. The van der Waals surface area contributed by atoms with E-state index in [-0.39, 0.29) is 17.6 Å². The highest BCUT2D eigenvalue weighted by atomic mass is 19.1. The first-order valence-electron chi connectivity index (χ1n) is 7.45. The first-order valence-corrected chi connectivity index (χ1v) is 7.45. The molecule has 0 aliphatic rings. The van der Waals surface area contributed by atoms with Gasteiger partial charge in [-0.15, -0.1) is 0 Å². The number of rotatable bonds is 3. The van der Waals surface area contributed by atoms with E-state index in [1.165, 1.54) is 17.0 Å². The van der Waals surface area contributed by atoms with Gasteiger partial charge in [0, 0.05) is 16.6 Å². The number of fused-ring (bicyclic) bond motifs is 1. The van der Waals surface area contributed by atoms with Crippen molar-refractivity contribution in [3.63, 3.8) is 0 Å². The Labute approximate surface area is 136 Å². The second-order valence-electron chi connectivity index (χ2n) is 5.42. The number of para-hydroxylation sites is 2. The summed E-state index contributed by atoms with van der Waals surface area (Å²) in [5.41, 5.74) is 1.14. The van der Waals surface area contributed by atoms with Gasteiger partial charge in [-0.3, -0.25) is 9.36 Å². The van der Waals surface area contributed by atoms with Gasteiger partial charge in [-0.05, 0) is 24.3 Å². The van der Waals surface area contributed by atoms with Crippen LogP contribution in [0.1, 0.15) is 5.56 Å². The highest BCUT2D eigenvalue weighted by Gasteiger charge is 2.14. The van der Waals surface area contributed by atoms with E-state index in [1.807, 2.05) is 18.2 Å². The van der Waals surface area contributed by atoms with Crippen molar-refractivity contribution in [2.45, 2.75) is 6.54 Å². The molecular formula is C18H13FN4O. The summed E-state index contributed by atoms with van der Waals surface area (Å²) in [5, 5.41) is 4.70. The number of benzene rings is 2. The van der Waals surface area contributed by atoms with Crippen LogP contribution in [0.25, 0.3) is 16.6 Å². The third kappa shape index (κ3) is 2.38. The normalized spacial score (nSPS) is 11.0. The van der Waals surface area contributed by atoms with Gasteiger partial charge in [0.25, 0.3) is 5.56 Å². The van der Waals surface area contributed by atoms with E-state index in [9.17, 15) is 9.18 Å². The van der Waals surface area contributed by atoms with Crippen LogP contribution in [0.4, 0.5) is 4.39 Å². The molecule has 2 aromatic carbocycles. The Kier molecular flexibility index (Phi) is 3.42. The largest absolute Gasteiger partial charge is 0.274 e. The summed E-state index contributed by atoms with van der Waals surface area (Å²) in [6.07, 6.45) is 2.96. The molecule has 4 rings (SSSR count). The second-order valence-corrected chi connectivity index (χ2v) is 5.42. The first-order chi connectivity index (χ1) is 11.7. The minimum absolute atomic E-state index is 0.269. The molecule has 0 aliphatic carbocycles. The SMILES string of the molecule is O=c1c(Cn2cncn2)cc2cccc(F)c2n1-c1ccccc1. The molecule has 2 aromatic heterocycles. The van der Waals surface area contributed by atoms with E-state index in [2.05, 4.69) is 10.1 Å². The topological polar surface area (TPSA) is 52.7 Å². The quantitative estimate of drug-likeness (QED) is 0.583. The summed E-state index contributed by atoms with van der Waals surface area (Å²) in [5.74, 6) is -0.430. The molecule has 4 aromatic rings. The Morgan fingerprint density at radius 3 is 2.62 bits per heavy atom. The monoisotopic (exact) mass is 320 g/mol. The minimum Gasteiger partial charge on any atom is -0.274 e. The maximum absolute atomic E-state index is 14.4. The zero-order chi connectivity index (χ0) is 16.5. The Bertz CT molecular complexity index is 1060. The van der Waals surface area contributed by atoms with Crippen LogP contribution in [-0.2, 0) is 6.54 Å². The number of hydrogen-bond acceptors (Lipinski definition) is 3. The predicted molar refractivity (Wildman–Crippen MR) is 88.6 cm³/mol. The van der Waals surface area contributed by atoms with Crippen molar-refractivity contribution in [2.24, 2.45) is 0 Å². The van der Waals surface area contributed by atoms with Gasteiger partial charge in [-0.1, -0.05) is 30.3 Å². The lowest BCUT2D eigenvalue weighted by atomic mass is 10.1. The van der Waals surface area contributed by atoms with Crippen molar-refractivity contribution in [1.82, 2.24) is 19.3 Å². The van der Waals surface area contributed by atoms with Gasteiger partial charge in [0.2, 0.25) is 0 Å². The number of hydrogen-bond donors (Lipinski definition) is 0. The first kappa shape index (κ1) is 14.3. The van der Waals surface area contributed by atoms with E-state index in [1.54, 1.807) is 41.3 Å². The lowest BCUT2D eigenvalue weighted by Crippen LogP contribution is -2.25. The van der Waals surface area contributed by atoms with Gasteiger partial charge in [-0.25, -0.2) is 14.1 Å². The Morgan fingerprint density at radius 2 is 1.88 bits per heavy atom. The highest BCUT2D eigenvalue weighted by molar-refractivity contribution is 5.82. The van der Waals surface area contributed by atoms with Gasteiger partial charge >= 0.3 is 0 Å². The van der Waals surface area contributed by atoms with Gasteiger partial charge in [0.05, 0.1) is 12.1 Å². The maximum atomic E-state index is 14.4. The van der Waals surface area contributed by atoms with Crippen molar-refractivity contribution in [3.05, 3.63) is 89.0 Å². The summed E-state index contributed by atoms with van der Waals surface area (Å²) in [7, 11) is 0. The molecule has 2 heterocycles. The molecule has 0 radical (unpaired) electrons. The number of pyridine rings is 1. The molecule has 24 heavy (non-hydrogen) atoms. The van der Waals surface area contributed by atoms with E-state index < -0.39 is 5.82 Å². The average Bonchev–Trinajstić information content (AvgIpc) is 3.10. The fourth-order valence-electron chi connectivity index (χ4n) is 2.80. The van der Waals surface area contributed by atoms with Crippen molar-refractivity contribution in [2.75, 3.05) is 0 Å². The average molecular weight is 320 g/mol. The molecular weight excluding hydrogens is 307 g/mol. The number of halogens is 1. The molecule has 0 bridgehead atoms. The van der Waals surface area contributed by atoms with Crippen LogP contribution in [0.3, 0.4) is 0 Å². The molecule has 0 saturated heterocycles. The summed E-state index contributed by atoms with van der Waals surface area (Å²) >= 11 is 0. The lowest BCUT2D eigenvalue weighted by molar-refractivity contribution is 0.631. The maximum Gasteiger partial charge on any atom is 0.260 e. The molecule has 0 aliphatic heterocycles. The smallest absolute Gasteiger partial charge is 0.260 e. The van der Waals surface area contributed by atoms with Crippen LogP contribution < -0.4 is 5.56 Å². The van der Waals surface area contributed by atoms with E-state index in [4.69, 9.17) is 0 Å². The zero-order valence-electron chi connectivity index (χ0n) is 12.6. The van der Waals surface area contributed by atoms with Crippen LogP contribution in [0, 0.1) is 5.82 Å². The summed E-state index contributed by atoms with van der Waals surface area (Å²) in [4.78, 5) is 16.9. The molecule has 0 spiro atoms. The van der Waals surface area contributed by atoms with Gasteiger partial charge in [0.15, 0.2) is 0 Å². The molecule has 0 unspecified atom stereocenters. The fraction of sp³-hybridized carbons (Fsp3) is 0.0556. The van der Waals surface area contributed by atoms with Crippen LogP contribution in [0.5, 0.6) is 0 Å². The lowest BCUT2D eigenvalue weighted by Gasteiger charge is -2.13. The van der Waals surface area contributed by atoms with Gasteiger partial charge < -0.3 is 0 Å². The standard InChI is InChI=1S/C18H13FN4O/c19-16-8-4-5-13-9-14(10-22-12-20-11-21-22)18(24)23(17(13)16)15-6-2-1-3-7-15/h1-9,11-12H,10H2.